The predicted molar refractivity (Wildman–Crippen MR) is 98.8 cm³/mol. The van der Waals surface area contributed by atoms with Gasteiger partial charge >= 0.3 is 0 Å². The standard InChI is InChI=1S/C22H21N/c1-16-10-7-8-15-20(16)22(19-13-5-4-6-14-19)23-21-17(2)11-9-12-18(21)3/h4-15H,1-3H3. The minimum Gasteiger partial charge on any atom is -0.247 e. The van der Waals surface area contributed by atoms with E-state index in [1.54, 1.807) is 0 Å². The monoisotopic (exact) mass is 299 g/mol. The Morgan fingerprint density at radius 1 is 0.609 bits per heavy atom. The van der Waals surface area contributed by atoms with E-state index in [1.807, 2.05) is 6.07 Å². The van der Waals surface area contributed by atoms with Gasteiger partial charge in [0.2, 0.25) is 0 Å². The molecule has 0 aromatic heterocycles. The van der Waals surface area contributed by atoms with Gasteiger partial charge in [0.05, 0.1) is 11.4 Å². The SMILES string of the molecule is Cc1ccccc1C(=Nc1c(C)cccc1C)c1ccccc1. The predicted octanol–water partition coefficient (Wildman–Crippen LogP) is 5.78. The number of hydrogen-bond acceptors (Lipinski definition) is 1. The molecule has 114 valence electrons. The molecule has 0 radical (unpaired) electrons. The van der Waals surface area contributed by atoms with Crippen LogP contribution < -0.4 is 0 Å². The maximum absolute atomic E-state index is 5.08. The zero-order chi connectivity index (χ0) is 16.2. The summed E-state index contributed by atoms with van der Waals surface area (Å²) in [5.41, 5.74) is 8.06. The summed E-state index contributed by atoms with van der Waals surface area (Å²) in [6.07, 6.45) is 0. The summed E-state index contributed by atoms with van der Waals surface area (Å²) in [6, 6.07) is 25.2. The Morgan fingerprint density at radius 2 is 1.17 bits per heavy atom. The minimum absolute atomic E-state index is 1.03. The molecule has 23 heavy (non-hydrogen) atoms. The molecular formula is C22H21N. The van der Waals surface area contributed by atoms with E-state index < -0.39 is 0 Å². The molecule has 0 amide bonds. The lowest BCUT2D eigenvalue weighted by molar-refractivity contribution is 1.32. The fraction of sp³-hybridized carbons (Fsp3) is 0.136. The number of hydrogen-bond donors (Lipinski definition) is 0. The average molecular weight is 299 g/mol. The quantitative estimate of drug-likeness (QED) is 0.543. The molecule has 0 aliphatic carbocycles. The van der Waals surface area contributed by atoms with Gasteiger partial charge in [-0.25, -0.2) is 4.99 Å². The molecule has 3 aromatic rings. The lowest BCUT2D eigenvalue weighted by Crippen LogP contribution is -2.05. The van der Waals surface area contributed by atoms with E-state index in [0.29, 0.717) is 0 Å². The highest BCUT2D eigenvalue weighted by atomic mass is 14.8. The molecule has 1 heteroatoms. The first-order valence-electron chi connectivity index (χ1n) is 7.93. The molecule has 0 saturated carbocycles. The van der Waals surface area contributed by atoms with Crippen molar-refractivity contribution in [2.24, 2.45) is 4.99 Å². The third-order valence-electron chi connectivity index (χ3n) is 4.11. The number of aryl methyl sites for hydroxylation is 3. The van der Waals surface area contributed by atoms with Crippen LogP contribution in [0.1, 0.15) is 27.8 Å². The molecule has 0 aliphatic rings. The second kappa shape index (κ2) is 6.62. The van der Waals surface area contributed by atoms with E-state index in [9.17, 15) is 0 Å². The van der Waals surface area contributed by atoms with Crippen LogP contribution in [0.2, 0.25) is 0 Å². The molecule has 1 nitrogen and oxygen atoms in total. The van der Waals surface area contributed by atoms with Gasteiger partial charge in [-0.1, -0.05) is 72.8 Å². The first kappa shape index (κ1) is 15.2. The van der Waals surface area contributed by atoms with Crippen molar-refractivity contribution in [3.05, 3.63) is 101 Å². The molecule has 0 N–H and O–H groups in total. The summed E-state index contributed by atoms with van der Waals surface area (Å²) >= 11 is 0. The van der Waals surface area contributed by atoms with Crippen LogP contribution in [-0.2, 0) is 0 Å². The first-order chi connectivity index (χ1) is 11.2. The van der Waals surface area contributed by atoms with E-state index in [4.69, 9.17) is 4.99 Å². The van der Waals surface area contributed by atoms with E-state index >= 15 is 0 Å². The smallest absolute Gasteiger partial charge is 0.0784 e. The summed E-state index contributed by atoms with van der Waals surface area (Å²) < 4.78 is 0. The van der Waals surface area contributed by atoms with Gasteiger partial charge in [0, 0.05) is 11.1 Å². The summed E-state index contributed by atoms with van der Waals surface area (Å²) in [7, 11) is 0. The molecular weight excluding hydrogens is 278 g/mol. The topological polar surface area (TPSA) is 12.4 Å². The molecule has 0 atom stereocenters. The van der Waals surface area contributed by atoms with Crippen LogP contribution in [0, 0.1) is 20.8 Å². The van der Waals surface area contributed by atoms with Gasteiger partial charge in [0.25, 0.3) is 0 Å². The Morgan fingerprint density at radius 3 is 1.83 bits per heavy atom. The number of aliphatic imine (C=N–C) groups is 1. The maximum atomic E-state index is 5.08. The van der Waals surface area contributed by atoms with Gasteiger partial charge in [-0.2, -0.15) is 0 Å². The number of nitrogens with zero attached hydrogens (tertiary/aromatic N) is 1. The highest BCUT2D eigenvalue weighted by Gasteiger charge is 2.11. The van der Waals surface area contributed by atoms with Crippen LogP contribution in [0.3, 0.4) is 0 Å². The lowest BCUT2D eigenvalue weighted by atomic mass is 9.97. The van der Waals surface area contributed by atoms with Gasteiger partial charge in [0.1, 0.15) is 0 Å². The van der Waals surface area contributed by atoms with Crippen molar-refractivity contribution in [1.29, 1.82) is 0 Å². The third kappa shape index (κ3) is 3.24. The summed E-state index contributed by atoms with van der Waals surface area (Å²) in [6.45, 7) is 6.37. The molecule has 0 bridgehead atoms. The van der Waals surface area contributed by atoms with Crippen molar-refractivity contribution in [3.8, 4) is 0 Å². The fourth-order valence-electron chi connectivity index (χ4n) is 2.81. The first-order valence-corrected chi connectivity index (χ1v) is 7.93. The molecule has 3 rings (SSSR count). The van der Waals surface area contributed by atoms with Gasteiger partial charge in [-0.3, -0.25) is 0 Å². The summed E-state index contributed by atoms with van der Waals surface area (Å²) in [5, 5.41) is 0. The van der Waals surface area contributed by atoms with E-state index in [1.165, 1.54) is 22.3 Å². The Balaban J connectivity index is 2.25. The van der Waals surface area contributed by atoms with Gasteiger partial charge < -0.3 is 0 Å². The summed E-state index contributed by atoms with van der Waals surface area (Å²) in [5.74, 6) is 0. The van der Waals surface area contributed by atoms with E-state index in [0.717, 1.165) is 17.0 Å². The normalized spacial score (nSPS) is 11.5. The Kier molecular flexibility index (Phi) is 4.38. The van der Waals surface area contributed by atoms with Crippen LogP contribution >= 0.6 is 0 Å². The largest absolute Gasteiger partial charge is 0.247 e. The molecule has 3 aromatic carbocycles. The number of para-hydroxylation sites is 1. The Labute approximate surface area is 138 Å². The minimum atomic E-state index is 1.03. The second-order valence-electron chi connectivity index (χ2n) is 5.88. The highest BCUT2D eigenvalue weighted by molar-refractivity contribution is 6.14. The van der Waals surface area contributed by atoms with Crippen LogP contribution in [-0.4, -0.2) is 5.71 Å². The van der Waals surface area contributed by atoms with Gasteiger partial charge in [0.15, 0.2) is 0 Å². The third-order valence-corrected chi connectivity index (χ3v) is 4.11. The maximum Gasteiger partial charge on any atom is 0.0784 e. The lowest BCUT2D eigenvalue weighted by Gasteiger charge is -2.12. The molecule has 0 spiro atoms. The zero-order valence-electron chi connectivity index (χ0n) is 13.9. The summed E-state index contributed by atoms with van der Waals surface area (Å²) in [4.78, 5) is 5.08. The zero-order valence-corrected chi connectivity index (χ0v) is 13.9. The molecule has 0 fully saturated rings. The average Bonchev–Trinajstić information content (AvgIpc) is 2.57. The Hall–Kier alpha value is -2.67. The molecule has 0 aliphatic heterocycles. The van der Waals surface area contributed by atoms with Gasteiger partial charge in [-0.05, 0) is 37.5 Å². The van der Waals surface area contributed by atoms with Crippen molar-refractivity contribution >= 4 is 11.4 Å². The van der Waals surface area contributed by atoms with Crippen molar-refractivity contribution in [1.82, 2.24) is 0 Å². The van der Waals surface area contributed by atoms with Gasteiger partial charge in [-0.15, -0.1) is 0 Å². The van der Waals surface area contributed by atoms with Crippen LogP contribution in [0.15, 0.2) is 77.8 Å². The van der Waals surface area contributed by atoms with Crippen molar-refractivity contribution in [3.63, 3.8) is 0 Å². The highest BCUT2D eigenvalue weighted by Crippen LogP contribution is 2.26. The molecule has 0 unspecified atom stereocenters. The second-order valence-corrected chi connectivity index (χ2v) is 5.88. The molecule has 0 heterocycles. The van der Waals surface area contributed by atoms with Crippen LogP contribution in [0.5, 0.6) is 0 Å². The van der Waals surface area contributed by atoms with Crippen molar-refractivity contribution < 1.29 is 0 Å². The van der Waals surface area contributed by atoms with Crippen LogP contribution in [0.25, 0.3) is 0 Å². The van der Waals surface area contributed by atoms with E-state index in [2.05, 4.69) is 87.5 Å². The molecule has 0 saturated heterocycles. The number of rotatable bonds is 3. The fourth-order valence-corrected chi connectivity index (χ4v) is 2.81. The Bertz CT molecular complexity index is 825. The van der Waals surface area contributed by atoms with Crippen LogP contribution in [0.4, 0.5) is 5.69 Å². The van der Waals surface area contributed by atoms with E-state index in [-0.39, 0.29) is 0 Å². The number of benzene rings is 3. The van der Waals surface area contributed by atoms with Crippen molar-refractivity contribution in [2.45, 2.75) is 20.8 Å². The van der Waals surface area contributed by atoms with Crippen molar-refractivity contribution in [2.75, 3.05) is 0 Å².